The molecule has 2 aromatic heterocycles. The summed E-state index contributed by atoms with van der Waals surface area (Å²) in [7, 11) is 2.01. The Hall–Kier alpha value is -6.91. The van der Waals surface area contributed by atoms with Gasteiger partial charge in [0, 0.05) is 51.5 Å². The minimum absolute atomic E-state index is 0.0727. The van der Waals surface area contributed by atoms with E-state index in [0.29, 0.717) is 0 Å². The topological polar surface area (TPSA) is 34.2 Å². The van der Waals surface area contributed by atoms with E-state index in [-0.39, 0.29) is 5.92 Å². The molecule has 1 aliphatic carbocycles. The summed E-state index contributed by atoms with van der Waals surface area (Å²) < 4.78 is 4.64. The molecule has 4 heteroatoms. The van der Waals surface area contributed by atoms with Crippen LogP contribution in [0.15, 0.2) is 187 Å². The first-order chi connectivity index (χ1) is 26.8. The van der Waals surface area contributed by atoms with E-state index in [1.807, 2.05) is 7.05 Å². The van der Waals surface area contributed by atoms with Crippen molar-refractivity contribution in [2.75, 3.05) is 7.05 Å². The predicted molar refractivity (Wildman–Crippen MR) is 229 cm³/mol. The first-order valence-electron chi connectivity index (χ1n) is 18.8. The number of allylic oxidation sites excluding steroid dienone is 4. The van der Waals surface area contributed by atoms with Crippen molar-refractivity contribution < 1.29 is 0 Å². The maximum atomic E-state index is 5.69. The summed E-state index contributed by atoms with van der Waals surface area (Å²) in [6, 6.07) is 57.5. The summed E-state index contributed by atoms with van der Waals surface area (Å²) in [5, 5.41) is 21.6. The molecule has 0 spiro atoms. The molecule has 0 aliphatic heterocycles. The number of aromatic nitrogens is 2. The second-order valence-corrected chi connectivity index (χ2v) is 14.3. The number of fused-ring (bicyclic) bond motifs is 11. The number of hydrogen-bond acceptors (Lipinski definition) is 2. The van der Waals surface area contributed by atoms with Crippen LogP contribution in [0.3, 0.4) is 0 Å². The number of nitrogens with one attached hydrogen (secondary N) is 1. The van der Waals surface area contributed by atoms with Crippen LogP contribution in [-0.2, 0) is 0 Å². The van der Waals surface area contributed by atoms with Gasteiger partial charge in [-0.2, -0.15) is 5.10 Å². The standard InChI is InChI=1S/C50H36N4/c1-51-43-23-10-8-21-41(43)50(40-22-12-16-32-13-2-5-17-36(32)40)52-54-44-24-11-9-20-39(44)42-31-35(27-30-45(42)54)53-46-28-25-33-14-3-6-18-37(33)48(46)49-38-19-7-4-15-34(38)26-29-47(49)53/h2-20,22-31,41,51H,21H2,1H3/b52-50-. The number of hydrogen-bond donors (Lipinski definition) is 1. The van der Waals surface area contributed by atoms with Gasteiger partial charge < -0.3 is 9.88 Å². The first-order valence-corrected chi connectivity index (χ1v) is 18.8. The van der Waals surface area contributed by atoms with Gasteiger partial charge in [0.05, 0.1) is 27.8 Å². The molecule has 256 valence electrons. The molecule has 0 fully saturated rings. The fraction of sp³-hybridized carbons (Fsp3) is 0.0600. The van der Waals surface area contributed by atoms with Crippen molar-refractivity contribution in [1.82, 2.24) is 14.6 Å². The normalized spacial score (nSPS) is 15.0. The second-order valence-electron chi connectivity index (χ2n) is 14.3. The van der Waals surface area contributed by atoms with Crippen LogP contribution in [0.4, 0.5) is 0 Å². The molecular weight excluding hydrogens is 657 g/mol. The SMILES string of the molecule is CNC1=CC=CCC1/C(=N\n1c2ccccc2c2cc(-n3c4ccc5ccccc5c4c4c5ccccc5ccc43)ccc21)c1cccc2ccccc12. The molecule has 0 radical (unpaired) electrons. The molecule has 0 amide bonds. The molecule has 11 rings (SSSR count). The lowest BCUT2D eigenvalue weighted by molar-refractivity contribution is 0.724. The smallest absolute Gasteiger partial charge is 0.0784 e. The summed E-state index contributed by atoms with van der Waals surface area (Å²) >= 11 is 0. The van der Waals surface area contributed by atoms with Crippen molar-refractivity contribution in [3.05, 3.63) is 187 Å². The third kappa shape index (κ3) is 4.53. The van der Waals surface area contributed by atoms with Gasteiger partial charge in [-0.3, -0.25) is 0 Å². The quantitative estimate of drug-likeness (QED) is 0.179. The average Bonchev–Trinajstić information content (AvgIpc) is 3.75. The van der Waals surface area contributed by atoms with Gasteiger partial charge in [0.25, 0.3) is 0 Å². The summed E-state index contributed by atoms with van der Waals surface area (Å²) in [5.41, 5.74) is 9.07. The fourth-order valence-corrected chi connectivity index (χ4v) is 9.03. The molecule has 0 saturated carbocycles. The van der Waals surface area contributed by atoms with Crippen molar-refractivity contribution >= 4 is 81.6 Å². The molecule has 8 aromatic carbocycles. The van der Waals surface area contributed by atoms with E-state index in [9.17, 15) is 0 Å². The summed E-state index contributed by atoms with van der Waals surface area (Å²) in [5.74, 6) is 0.0727. The Labute approximate surface area is 312 Å². The summed E-state index contributed by atoms with van der Waals surface area (Å²) in [6.07, 6.45) is 7.45. The van der Waals surface area contributed by atoms with Crippen molar-refractivity contribution in [2.24, 2.45) is 11.0 Å². The third-order valence-electron chi connectivity index (χ3n) is 11.5. The zero-order chi connectivity index (χ0) is 35.8. The Bertz CT molecular complexity index is 3140. The van der Waals surface area contributed by atoms with Crippen LogP contribution in [0, 0.1) is 5.92 Å². The van der Waals surface area contributed by atoms with Crippen molar-refractivity contribution in [3.63, 3.8) is 0 Å². The molecule has 2 heterocycles. The second kappa shape index (κ2) is 12.1. The minimum atomic E-state index is 0.0727. The highest BCUT2D eigenvalue weighted by atomic mass is 15.4. The maximum Gasteiger partial charge on any atom is 0.0784 e. The van der Waals surface area contributed by atoms with Gasteiger partial charge in [0.15, 0.2) is 0 Å². The molecule has 54 heavy (non-hydrogen) atoms. The lowest BCUT2D eigenvalue weighted by atomic mass is 9.86. The van der Waals surface area contributed by atoms with E-state index in [2.05, 4.69) is 191 Å². The molecule has 1 N–H and O–H groups in total. The van der Waals surface area contributed by atoms with Crippen LogP contribution in [0.2, 0.25) is 0 Å². The van der Waals surface area contributed by atoms with Gasteiger partial charge in [-0.25, -0.2) is 4.68 Å². The number of benzene rings is 8. The Morgan fingerprint density at radius 1 is 0.556 bits per heavy atom. The van der Waals surface area contributed by atoms with Crippen molar-refractivity contribution in [1.29, 1.82) is 0 Å². The van der Waals surface area contributed by atoms with E-state index in [0.717, 1.165) is 34.4 Å². The van der Waals surface area contributed by atoms with E-state index in [1.54, 1.807) is 0 Å². The highest BCUT2D eigenvalue weighted by Crippen LogP contribution is 2.42. The lowest BCUT2D eigenvalue weighted by Crippen LogP contribution is -2.27. The van der Waals surface area contributed by atoms with Gasteiger partial charge >= 0.3 is 0 Å². The molecular formula is C50H36N4. The van der Waals surface area contributed by atoms with Gasteiger partial charge in [-0.15, -0.1) is 0 Å². The molecule has 1 unspecified atom stereocenters. The maximum absolute atomic E-state index is 5.69. The van der Waals surface area contributed by atoms with E-state index >= 15 is 0 Å². The molecule has 0 saturated heterocycles. The highest BCUT2D eigenvalue weighted by molar-refractivity contribution is 6.28. The van der Waals surface area contributed by atoms with Crippen LogP contribution >= 0.6 is 0 Å². The Kier molecular flexibility index (Phi) is 6.86. The lowest BCUT2D eigenvalue weighted by Gasteiger charge is -2.24. The molecule has 4 nitrogen and oxygen atoms in total. The minimum Gasteiger partial charge on any atom is -0.391 e. The Morgan fingerprint density at radius 2 is 1.13 bits per heavy atom. The zero-order valence-electron chi connectivity index (χ0n) is 29.9. The molecule has 0 bridgehead atoms. The van der Waals surface area contributed by atoms with E-state index in [4.69, 9.17) is 5.10 Å². The third-order valence-corrected chi connectivity index (χ3v) is 11.5. The number of rotatable bonds is 5. The highest BCUT2D eigenvalue weighted by Gasteiger charge is 2.25. The largest absolute Gasteiger partial charge is 0.391 e. The van der Waals surface area contributed by atoms with Crippen LogP contribution in [0.5, 0.6) is 0 Å². The van der Waals surface area contributed by atoms with E-state index in [1.165, 1.54) is 70.6 Å². The summed E-state index contributed by atoms with van der Waals surface area (Å²) in [6.45, 7) is 0. The van der Waals surface area contributed by atoms with Gasteiger partial charge in [-0.1, -0.05) is 133 Å². The van der Waals surface area contributed by atoms with Crippen molar-refractivity contribution in [2.45, 2.75) is 6.42 Å². The van der Waals surface area contributed by atoms with E-state index < -0.39 is 0 Å². The van der Waals surface area contributed by atoms with Crippen LogP contribution in [0.1, 0.15) is 12.0 Å². The predicted octanol–water partition coefficient (Wildman–Crippen LogP) is 12.3. The van der Waals surface area contributed by atoms with Crippen molar-refractivity contribution in [3.8, 4) is 5.69 Å². The van der Waals surface area contributed by atoms with Gasteiger partial charge in [0.2, 0.25) is 0 Å². The fourth-order valence-electron chi connectivity index (χ4n) is 9.03. The molecule has 10 aromatic rings. The van der Waals surface area contributed by atoms with Gasteiger partial charge in [0.1, 0.15) is 0 Å². The molecule has 1 aliphatic rings. The van der Waals surface area contributed by atoms with Gasteiger partial charge in [-0.05, 0) is 81.2 Å². The van der Waals surface area contributed by atoms with Crippen LogP contribution in [0.25, 0.3) is 81.6 Å². The first kappa shape index (κ1) is 30.7. The Morgan fingerprint density at radius 3 is 1.83 bits per heavy atom. The number of nitrogens with zero attached hydrogens (tertiary/aromatic N) is 3. The Balaban J connectivity index is 1.20. The summed E-state index contributed by atoms with van der Waals surface area (Å²) in [4.78, 5) is 0. The monoisotopic (exact) mass is 692 g/mol. The van der Waals surface area contributed by atoms with Crippen LogP contribution in [-0.4, -0.2) is 22.0 Å². The zero-order valence-corrected chi connectivity index (χ0v) is 29.9. The van der Waals surface area contributed by atoms with Crippen LogP contribution < -0.4 is 5.32 Å². The number of para-hydroxylation sites is 1. The molecule has 1 atom stereocenters. The average molecular weight is 693 g/mol.